The molecule has 1 rings (SSSR count). The van der Waals surface area contributed by atoms with Gasteiger partial charge >= 0.3 is 0 Å². The van der Waals surface area contributed by atoms with Crippen LogP contribution in [0, 0.1) is 5.92 Å². The molecule has 3 nitrogen and oxygen atoms in total. The number of methoxy groups -OCH3 is 1. The summed E-state index contributed by atoms with van der Waals surface area (Å²) in [5.41, 5.74) is 0. The van der Waals surface area contributed by atoms with Crippen LogP contribution in [0.2, 0.25) is 0 Å². The van der Waals surface area contributed by atoms with Gasteiger partial charge in [-0.1, -0.05) is 0 Å². The van der Waals surface area contributed by atoms with Gasteiger partial charge in [-0.05, 0) is 45.1 Å². The lowest BCUT2D eigenvalue weighted by atomic mass is 9.86. The summed E-state index contributed by atoms with van der Waals surface area (Å²) in [4.78, 5) is 2.45. The monoisotopic (exact) mass is 215 g/mol. The lowest BCUT2D eigenvalue weighted by Gasteiger charge is -2.34. The summed E-state index contributed by atoms with van der Waals surface area (Å²) in [5.74, 6) is 0.564. The van der Waals surface area contributed by atoms with E-state index in [9.17, 15) is 0 Å². The average Bonchev–Trinajstić information content (AvgIpc) is 2.29. The third kappa shape index (κ3) is 4.49. The van der Waals surface area contributed by atoms with Gasteiger partial charge in [0.25, 0.3) is 0 Å². The van der Waals surface area contributed by atoms with Crippen molar-refractivity contribution in [2.45, 2.75) is 38.1 Å². The minimum Gasteiger partial charge on any atom is -0.396 e. The summed E-state index contributed by atoms with van der Waals surface area (Å²) in [6, 6.07) is 0.727. The zero-order valence-corrected chi connectivity index (χ0v) is 10.1. The standard InChI is InChI=1S/C12H25NO2/c1-13(8-3-9-15-2)12-6-4-11(10-14)5-7-12/h11-12,14H,3-10H2,1-2H3. The van der Waals surface area contributed by atoms with Crippen molar-refractivity contribution in [1.29, 1.82) is 0 Å². The Morgan fingerprint density at radius 3 is 2.47 bits per heavy atom. The molecule has 0 unspecified atom stereocenters. The summed E-state index contributed by atoms with van der Waals surface area (Å²) >= 11 is 0. The summed E-state index contributed by atoms with van der Waals surface area (Å²) in [6.07, 6.45) is 5.99. The van der Waals surface area contributed by atoms with Crippen molar-refractivity contribution in [3.8, 4) is 0 Å². The second kappa shape index (κ2) is 7.20. The van der Waals surface area contributed by atoms with E-state index < -0.39 is 0 Å². The Morgan fingerprint density at radius 1 is 1.27 bits per heavy atom. The van der Waals surface area contributed by atoms with Crippen molar-refractivity contribution in [2.75, 3.05) is 33.9 Å². The van der Waals surface area contributed by atoms with Crippen molar-refractivity contribution in [2.24, 2.45) is 5.92 Å². The number of hydrogen-bond acceptors (Lipinski definition) is 3. The molecule has 0 heterocycles. The molecule has 0 radical (unpaired) electrons. The van der Waals surface area contributed by atoms with Gasteiger partial charge in [0.2, 0.25) is 0 Å². The van der Waals surface area contributed by atoms with Gasteiger partial charge in [0.05, 0.1) is 0 Å². The van der Waals surface area contributed by atoms with Crippen LogP contribution in [0.25, 0.3) is 0 Å². The molecule has 3 heteroatoms. The third-order valence-corrected chi connectivity index (χ3v) is 3.56. The van der Waals surface area contributed by atoms with E-state index in [1.165, 1.54) is 25.7 Å². The van der Waals surface area contributed by atoms with Crippen molar-refractivity contribution < 1.29 is 9.84 Å². The van der Waals surface area contributed by atoms with Crippen LogP contribution in [0.4, 0.5) is 0 Å². The lowest BCUT2D eigenvalue weighted by Crippen LogP contribution is -2.36. The van der Waals surface area contributed by atoms with Gasteiger partial charge in [0.1, 0.15) is 0 Å². The van der Waals surface area contributed by atoms with E-state index in [1.54, 1.807) is 7.11 Å². The fourth-order valence-electron chi connectivity index (χ4n) is 2.41. The highest BCUT2D eigenvalue weighted by Crippen LogP contribution is 2.26. The molecule has 0 aromatic carbocycles. The van der Waals surface area contributed by atoms with Crippen LogP contribution in [0.1, 0.15) is 32.1 Å². The summed E-state index contributed by atoms with van der Waals surface area (Å²) in [6.45, 7) is 2.36. The van der Waals surface area contributed by atoms with Gasteiger partial charge in [-0.25, -0.2) is 0 Å². The Morgan fingerprint density at radius 2 is 1.93 bits per heavy atom. The van der Waals surface area contributed by atoms with Crippen LogP contribution >= 0.6 is 0 Å². The summed E-state index contributed by atoms with van der Waals surface area (Å²) < 4.78 is 5.05. The van der Waals surface area contributed by atoms with Gasteiger partial charge in [-0.15, -0.1) is 0 Å². The zero-order chi connectivity index (χ0) is 11.1. The topological polar surface area (TPSA) is 32.7 Å². The number of hydrogen-bond donors (Lipinski definition) is 1. The molecule has 90 valence electrons. The normalized spacial score (nSPS) is 27.2. The maximum absolute atomic E-state index is 9.06. The van der Waals surface area contributed by atoms with E-state index in [2.05, 4.69) is 11.9 Å². The summed E-state index contributed by atoms with van der Waals surface area (Å²) in [5, 5.41) is 9.06. The molecule has 1 fully saturated rings. The Hall–Kier alpha value is -0.120. The predicted molar refractivity (Wildman–Crippen MR) is 62.0 cm³/mol. The minimum absolute atomic E-state index is 0.375. The molecule has 15 heavy (non-hydrogen) atoms. The van der Waals surface area contributed by atoms with Crippen molar-refractivity contribution >= 4 is 0 Å². The highest BCUT2D eigenvalue weighted by molar-refractivity contribution is 4.77. The van der Waals surface area contributed by atoms with E-state index in [0.29, 0.717) is 12.5 Å². The van der Waals surface area contributed by atoms with Crippen LogP contribution in [-0.2, 0) is 4.74 Å². The molecular formula is C12H25NO2. The highest BCUT2D eigenvalue weighted by atomic mass is 16.5. The molecular weight excluding hydrogens is 190 g/mol. The first-order chi connectivity index (χ1) is 7.27. The van der Waals surface area contributed by atoms with Gasteiger partial charge < -0.3 is 14.7 Å². The molecule has 1 N–H and O–H groups in total. The van der Waals surface area contributed by atoms with E-state index in [1.807, 2.05) is 0 Å². The first-order valence-electron chi connectivity index (χ1n) is 6.08. The SMILES string of the molecule is COCCCN(C)C1CCC(CO)CC1. The Bertz CT molecular complexity index is 156. The molecule has 0 bridgehead atoms. The predicted octanol–water partition coefficient (Wildman–Crippen LogP) is 1.51. The van der Waals surface area contributed by atoms with Gasteiger partial charge in [-0.3, -0.25) is 0 Å². The molecule has 1 aliphatic rings. The minimum atomic E-state index is 0.375. The lowest BCUT2D eigenvalue weighted by molar-refractivity contribution is 0.116. The van der Waals surface area contributed by atoms with Crippen LogP contribution in [0.3, 0.4) is 0 Å². The first-order valence-corrected chi connectivity index (χ1v) is 6.08. The fourth-order valence-corrected chi connectivity index (χ4v) is 2.41. The molecule has 0 atom stereocenters. The van der Waals surface area contributed by atoms with Crippen molar-refractivity contribution in [3.05, 3.63) is 0 Å². The number of nitrogens with zero attached hydrogens (tertiary/aromatic N) is 1. The Labute approximate surface area is 93.4 Å². The maximum Gasteiger partial charge on any atom is 0.0474 e. The van der Waals surface area contributed by atoms with E-state index in [-0.39, 0.29) is 0 Å². The average molecular weight is 215 g/mol. The number of ether oxygens (including phenoxy) is 1. The smallest absolute Gasteiger partial charge is 0.0474 e. The Kier molecular flexibility index (Phi) is 6.22. The molecule has 0 aromatic heterocycles. The van der Waals surface area contributed by atoms with Gasteiger partial charge in [-0.2, -0.15) is 0 Å². The number of rotatable bonds is 6. The molecule has 1 aliphatic carbocycles. The molecule has 0 amide bonds. The molecule has 1 saturated carbocycles. The van der Waals surface area contributed by atoms with Crippen molar-refractivity contribution in [1.82, 2.24) is 4.90 Å². The first kappa shape index (κ1) is 12.9. The highest BCUT2D eigenvalue weighted by Gasteiger charge is 2.22. The number of aliphatic hydroxyl groups is 1. The zero-order valence-electron chi connectivity index (χ0n) is 10.1. The maximum atomic E-state index is 9.06. The quantitative estimate of drug-likeness (QED) is 0.682. The molecule has 0 spiro atoms. The second-order valence-corrected chi connectivity index (χ2v) is 4.68. The second-order valence-electron chi connectivity index (χ2n) is 4.68. The van der Waals surface area contributed by atoms with Crippen LogP contribution < -0.4 is 0 Å². The largest absolute Gasteiger partial charge is 0.396 e. The van der Waals surface area contributed by atoms with Crippen LogP contribution in [0.15, 0.2) is 0 Å². The fraction of sp³-hybridized carbons (Fsp3) is 1.00. The van der Waals surface area contributed by atoms with E-state index in [4.69, 9.17) is 9.84 Å². The van der Waals surface area contributed by atoms with Crippen LogP contribution in [0.5, 0.6) is 0 Å². The van der Waals surface area contributed by atoms with E-state index in [0.717, 1.165) is 25.6 Å². The van der Waals surface area contributed by atoms with Gasteiger partial charge in [0, 0.05) is 32.9 Å². The molecule has 0 aromatic rings. The molecule has 0 aliphatic heterocycles. The Balaban J connectivity index is 2.15. The van der Waals surface area contributed by atoms with E-state index >= 15 is 0 Å². The number of aliphatic hydroxyl groups excluding tert-OH is 1. The third-order valence-electron chi connectivity index (χ3n) is 3.56. The van der Waals surface area contributed by atoms with Gasteiger partial charge in [0.15, 0.2) is 0 Å². The molecule has 0 saturated heterocycles. The van der Waals surface area contributed by atoms with Crippen molar-refractivity contribution in [3.63, 3.8) is 0 Å². The van der Waals surface area contributed by atoms with Crippen LogP contribution in [-0.4, -0.2) is 50.0 Å². The summed E-state index contributed by atoms with van der Waals surface area (Å²) in [7, 11) is 3.96.